The molecular formula is C23H29ClN2O3S. The number of unbranched alkanes of at least 4 members (excludes halogenated alkanes) is 1. The molecule has 0 amide bonds. The summed E-state index contributed by atoms with van der Waals surface area (Å²) in [5.74, 6) is 1.57. The zero-order valence-corrected chi connectivity index (χ0v) is 18.9. The maximum atomic E-state index is 9.04. The summed E-state index contributed by atoms with van der Waals surface area (Å²) in [5.41, 5.74) is 2.29. The van der Waals surface area contributed by atoms with E-state index in [2.05, 4.69) is 24.0 Å². The quantitative estimate of drug-likeness (QED) is 0.425. The van der Waals surface area contributed by atoms with Crippen LogP contribution in [0.5, 0.6) is 11.5 Å². The van der Waals surface area contributed by atoms with Crippen molar-refractivity contribution in [1.82, 2.24) is 4.90 Å². The highest BCUT2D eigenvalue weighted by atomic mass is 35.5. The highest BCUT2D eigenvalue weighted by Gasteiger charge is 2.24. The Kier molecular flexibility index (Phi) is 8.75. The minimum Gasteiger partial charge on any atom is -0.494 e. The Morgan fingerprint density at radius 3 is 2.63 bits per heavy atom. The summed E-state index contributed by atoms with van der Waals surface area (Å²) in [4.78, 5) is 4.27. The number of halogens is 1. The molecule has 1 aliphatic heterocycles. The van der Waals surface area contributed by atoms with Crippen molar-refractivity contribution in [3.05, 3.63) is 53.1 Å². The number of nitrogens with zero attached hydrogens (tertiary/aromatic N) is 2. The van der Waals surface area contributed by atoms with E-state index in [9.17, 15) is 0 Å². The molecule has 3 rings (SSSR count). The molecule has 0 unspecified atom stereocenters. The fraction of sp³-hybridized carbons (Fsp3) is 0.435. The lowest BCUT2D eigenvalue weighted by Gasteiger charge is -2.20. The van der Waals surface area contributed by atoms with E-state index in [0.717, 1.165) is 56.9 Å². The molecule has 1 N–H and O–H groups in total. The molecule has 5 nitrogen and oxygen atoms in total. The van der Waals surface area contributed by atoms with Crippen LogP contribution in [0.15, 0.2) is 42.5 Å². The number of aliphatic hydroxyl groups is 1. The number of benzene rings is 2. The predicted octanol–water partition coefficient (Wildman–Crippen LogP) is 4.54. The Hall–Kier alpha value is -1.86. The number of ether oxygens (including phenoxy) is 2. The van der Waals surface area contributed by atoms with Gasteiger partial charge in [-0.15, -0.1) is 0 Å². The Bertz CT molecular complexity index is 832. The van der Waals surface area contributed by atoms with E-state index in [0.29, 0.717) is 22.6 Å². The number of fused-ring (bicyclic) bond motifs is 1. The van der Waals surface area contributed by atoms with E-state index >= 15 is 0 Å². The van der Waals surface area contributed by atoms with Gasteiger partial charge < -0.3 is 24.4 Å². The van der Waals surface area contributed by atoms with Gasteiger partial charge in [0.15, 0.2) is 0 Å². The van der Waals surface area contributed by atoms with Crippen molar-refractivity contribution in [2.24, 2.45) is 0 Å². The fourth-order valence-electron chi connectivity index (χ4n) is 3.51. The third-order valence-electron chi connectivity index (χ3n) is 5.19. The van der Waals surface area contributed by atoms with Gasteiger partial charge in [0.05, 0.1) is 13.2 Å². The Morgan fingerprint density at radius 2 is 1.90 bits per heavy atom. The topological polar surface area (TPSA) is 45.2 Å². The van der Waals surface area contributed by atoms with Crippen molar-refractivity contribution in [1.29, 1.82) is 0 Å². The number of hydrogen-bond donors (Lipinski definition) is 1. The van der Waals surface area contributed by atoms with Crippen LogP contribution in [0.4, 0.5) is 5.69 Å². The summed E-state index contributed by atoms with van der Waals surface area (Å²) in [6, 6.07) is 13.3. The molecule has 0 bridgehead atoms. The molecule has 0 fully saturated rings. The molecule has 0 saturated heterocycles. The van der Waals surface area contributed by atoms with Crippen molar-refractivity contribution in [3.63, 3.8) is 0 Å². The number of thiocarbonyl (C=S) groups is 1. The molecule has 1 heterocycles. The number of hydrogen-bond acceptors (Lipinski definition) is 5. The van der Waals surface area contributed by atoms with Gasteiger partial charge in [-0.3, -0.25) is 0 Å². The van der Waals surface area contributed by atoms with Crippen molar-refractivity contribution >= 4 is 34.7 Å². The van der Waals surface area contributed by atoms with E-state index < -0.39 is 0 Å². The average molecular weight is 449 g/mol. The van der Waals surface area contributed by atoms with E-state index in [-0.39, 0.29) is 6.61 Å². The van der Waals surface area contributed by atoms with Crippen LogP contribution < -0.4 is 14.4 Å². The van der Waals surface area contributed by atoms with Gasteiger partial charge in [-0.05, 0) is 92.6 Å². The predicted molar refractivity (Wildman–Crippen MR) is 126 cm³/mol. The third kappa shape index (κ3) is 6.32. The molecule has 0 spiro atoms. The van der Waals surface area contributed by atoms with Crippen LogP contribution in [-0.2, 0) is 6.42 Å². The smallest absolute Gasteiger partial charge is 0.269 e. The largest absolute Gasteiger partial charge is 0.494 e. The Balaban J connectivity index is 1.48. The molecular weight excluding hydrogens is 420 g/mol. The van der Waals surface area contributed by atoms with Gasteiger partial charge in [0.2, 0.25) is 0 Å². The number of rotatable bonds is 10. The minimum atomic E-state index is 0.213. The molecule has 0 aromatic heterocycles. The van der Waals surface area contributed by atoms with E-state index in [1.165, 1.54) is 5.56 Å². The van der Waals surface area contributed by atoms with Crippen LogP contribution in [-0.4, -0.2) is 54.6 Å². The normalized spacial score (nSPS) is 12.9. The first kappa shape index (κ1) is 22.8. The number of aliphatic hydroxyl groups excluding tert-OH is 1. The zero-order chi connectivity index (χ0) is 21.3. The zero-order valence-electron chi connectivity index (χ0n) is 17.3. The Morgan fingerprint density at radius 1 is 1.13 bits per heavy atom. The molecule has 0 radical (unpaired) electrons. The van der Waals surface area contributed by atoms with E-state index in [4.69, 9.17) is 38.4 Å². The first-order chi connectivity index (χ1) is 14.6. The van der Waals surface area contributed by atoms with Gasteiger partial charge in [-0.25, -0.2) is 0 Å². The fourth-order valence-corrected chi connectivity index (χ4v) is 3.92. The van der Waals surface area contributed by atoms with Gasteiger partial charge in [0.1, 0.15) is 11.5 Å². The van der Waals surface area contributed by atoms with Gasteiger partial charge in [0, 0.05) is 23.8 Å². The Labute approximate surface area is 189 Å². The average Bonchev–Trinajstić information content (AvgIpc) is 3.17. The summed E-state index contributed by atoms with van der Waals surface area (Å²) < 4.78 is 11.8. The summed E-state index contributed by atoms with van der Waals surface area (Å²) in [6.45, 7) is 6.51. The molecule has 0 aliphatic carbocycles. The SMILES string of the molecule is CCN(CCO)CCCCOc1ccc2c(c1)CCN2C(=S)Oc1ccc(Cl)cc1. The monoisotopic (exact) mass is 448 g/mol. The molecule has 162 valence electrons. The summed E-state index contributed by atoms with van der Waals surface area (Å²) >= 11 is 11.4. The van der Waals surface area contributed by atoms with Crippen molar-refractivity contribution in [2.45, 2.75) is 26.2 Å². The van der Waals surface area contributed by atoms with Crippen LogP contribution >= 0.6 is 23.8 Å². The van der Waals surface area contributed by atoms with Crippen LogP contribution in [0.3, 0.4) is 0 Å². The van der Waals surface area contributed by atoms with Gasteiger partial charge >= 0.3 is 0 Å². The first-order valence-corrected chi connectivity index (χ1v) is 11.2. The third-order valence-corrected chi connectivity index (χ3v) is 5.74. The second-order valence-electron chi connectivity index (χ2n) is 7.23. The molecule has 2 aromatic carbocycles. The second kappa shape index (κ2) is 11.5. The molecule has 30 heavy (non-hydrogen) atoms. The van der Waals surface area contributed by atoms with Gasteiger partial charge in [0.25, 0.3) is 5.17 Å². The second-order valence-corrected chi connectivity index (χ2v) is 8.01. The lowest BCUT2D eigenvalue weighted by molar-refractivity contribution is 0.195. The minimum absolute atomic E-state index is 0.213. The summed E-state index contributed by atoms with van der Waals surface area (Å²) in [7, 11) is 0. The molecule has 7 heteroatoms. The highest BCUT2D eigenvalue weighted by Crippen LogP contribution is 2.32. The molecule has 2 aromatic rings. The first-order valence-electron chi connectivity index (χ1n) is 10.4. The summed E-state index contributed by atoms with van der Waals surface area (Å²) in [6.07, 6.45) is 2.95. The van der Waals surface area contributed by atoms with Gasteiger partial charge in [-0.1, -0.05) is 18.5 Å². The van der Waals surface area contributed by atoms with Crippen molar-refractivity contribution < 1.29 is 14.6 Å². The van der Waals surface area contributed by atoms with Crippen LogP contribution in [0.2, 0.25) is 5.02 Å². The maximum Gasteiger partial charge on any atom is 0.269 e. The van der Waals surface area contributed by atoms with Crippen LogP contribution in [0, 0.1) is 0 Å². The molecule has 0 saturated carbocycles. The molecule has 0 atom stereocenters. The lowest BCUT2D eigenvalue weighted by Crippen LogP contribution is -2.31. The van der Waals surface area contributed by atoms with Crippen LogP contribution in [0.25, 0.3) is 0 Å². The standard InChI is InChI=1S/C23H29ClN2O3S/c1-2-25(14-15-27)12-3-4-16-28-21-9-10-22-18(17-21)11-13-26(22)23(30)29-20-7-5-19(24)6-8-20/h5-10,17,27H,2-4,11-16H2,1H3. The number of anilines is 1. The summed E-state index contributed by atoms with van der Waals surface area (Å²) in [5, 5.41) is 10.1. The van der Waals surface area contributed by atoms with Crippen molar-refractivity contribution in [2.75, 3.05) is 44.3 Å². The maximum absolute atomic E-state index is 9.04. The van der Waals surface area contributed by atoms with Crippen LogP contribution in [0.1, 0.15) is 25.3 Å². The van der Waals surface area contributed by atoms with E-state index in [1.807, 2.05) is 23.1 Å². The molecule has 1 aliphatic rings. The van der Waals surface area contributed by atoms with Crippen molar-refractivity contribution in [3.8, 4) is 11.5 Å². The van der Waals surface area contributed by atoms with Gasteiger partial charge in [-0.2, -0.15) is 0 Å². The van der Waals surface area contributed by atoms with E-state index in [1.54, 1.807) is 12.1 Å². The highest BCUT2D eigenvalue weighted by molar-refractivity contribution is 7.80. The number of likely N-dealkylation sites (N-methyl/N-ethyl adjacent to an activating group) is 1. The lowest BCUT2D eigenvalue weighted by atomic mass is 10.1.